The fourth-order valence-corrected chi connectivity index (χ4v) is 3.97. The normalized spacial score (nSPS) is 28.0. The van der Waals surface area contributed by atoms with E-state index >= 15 is 0 Å². The van der Waals surface area contributed by atoms with Gasteiger partial charge in [0.1, 0.15) is 29.5 Å². The second-order valence-corrected chi connectivity index (χ2v) is 6.21. The average Bonchev–Trinajstić information content (AvgIpc) is 3.22. The maximum absolute atomic E-state index is 10.3. The number of nitrogens with zero attached hydrogens (tertiary/aromatic N) is 3. The minimum absolute atomic E-state index is 0.375. The minimum atomic E-state index is -1.17. The van der Waals surface area contributed by atoms with E-state index in [9.17, 15) is 15.3 Å². The van der Waals surface area contributed by atoms with Gasteiger partial charge < -0.3 is 24.8 Å². The quantitative estimate of drug-likeness (QED) is 0.629. The fourth-order valence-electron chi connectivity index (χ4n) is 3.04. The van der Waals surface area contributed by atoms with Crippen molar-refractivity contribution in [1.82, 2.24) is 14.5 Å². The van der Waals surface area contributed by atoms with Crippen LogP contribution in [0.15, 0.2) is 17.8 Å². The molecule has 0 spiro atoms. The topological polar surface area (TPSA) is 110 Å². The Morgan fingerprint density at radius 1 is 1.35 bits per heavy atom. The molecule has 4 rings (SSSR count). The largest absolute Gasteiger partial charge is 0.480 e. The molecule has 0 saturated carbocycles. The van der Waals surface area contributed by atoms with Crippen LogP contribution in [0.3, 0.4) is 0 Å². The van der Waals surface area contributed by atoms with E-state index in [0.29, 0.717) is 11.5 Å². The van der Waals surface area contributed by atoms with Crippen LogP contribution in [0.4, 0.5) is 0 Å². The number of ether oxygens (including phenoxy) is 2. The van der Waals surface area contributed by atoms with Crippen LogP contribution in [-0.4, -0.2) is 61.9 Å². The zero-order valence-electron chi connectivity index (χ0n) is 12.2. The van der Waals surface area contributed by atoms with E-state index in [-0.39, 0.29) is 6.61 Å². The zero-order valence-corrected chi connectivity index (χ0v) is 13.0. The predicted molar refractivity (Wildman–Crippen MR) is 82.5 cm³/mol. The van der Waals surface area contributed by atoms with Crippen LogP contribution < -0.4 is 4.74 Å². The first-order valence-electron chi connectivity index (χ1n) is 7.06. The van der Waals surface area contributed by atoms with Crippen LogP contribution in [0.2, 0.25) is 0 Å². The highest BCUT2D eigenvalue weighted by Gasteiger charge is 2.44. The summed E-state index contributed by atoms with van der Waals surface area (Å²) < 4.78 is 12.7. The van der Waals surface area contributed by atoms with Crippen molar-refractivity contribution in [3.05, 3.63) is 17.8 Å². The predicted octanol–water partition coefficient (Wildman–Crippen LogP) is 0.266. The number of hydrogen-bond acceptors (Lipinski definition) is 8. The standard InChI is InChI=1S/C14H15N3O5S/c1-21-12-8-6-2-3-23-14(6)17(11(8)15-5-16-12)13-10(20)9(19)7(4-18)22-13/h2-3,5,7,9-10,13,18-20H,4H2,1H3/t7-,9-,10-,13-/m1/s1. The molecule has 3 aromatic heterocycles. The first-order chi connectivity index (χ1) is 11.2. The number of aromatic nitrogens is 3. The van der Waals surface area contributed by atoms with Gasteiger partial charge >= 0.3 is 0 Å². The van der Waals surface area contributed by atoms with Crippen LogP contribution in [-0.2, 0) is 4.74 Å². The van der Waals surface area contributed by atoms with Crippen molar-refractivity contribution < 1.29 is 24.8 Å². The van der Waals surface area contributed by atoms with Crippen LogP contribution in [0.1, 0.15) is 6.23 Å². The van der Waals surface area contributed by atoms with Gasteiger partial charge in [-0.2, -0.15) is 0 Å². The molecular weight excluding hydrogens is 322 g/mol. The molecule has 122 valence electrons. The van der Waals surface area contributed by atoms with Gasteiger partial charge in [-0.3, -0.25) is 4.57 Å². The third kappa shape index (κ3) is 1.98. The molecule has 0 amide bonds. The van der Waals surface area contributed by atoms with Gasteiger partial charge in [-0.1, -0.05) is 0 Å². The second kappa shape index (κ2) is 5.39. The molecule has 3 aromatic rings. The second-order valence-electron chi connectivity index (χ2n) is 5.32. The maximum Gasteiger partial charge on any atom is 0.226 e. The molecule has 4 heterocycles. The third-order valence-electron chi connectivity index (χ3n) is 4.12. The Morgan fingerprint density at radius 2 is 2.17 bits per heavy atom. The lowest BCUT2D eigenvalue weighted by atomic mass is 10.1. The molecule has 0 unspecified atom stereocenters. The molecule has 0 aliphatic carbocycles. The van der Waals surface area contributed by atoms with Crippen molar-refractivity contribution >= 4 is 32.6 Å². The lowest BCUT2D eigenvalue weighted by molar-refractivity contribution is -0.0488. The van der Waals surface area contributed by atoms with Crippen molar-refractivity contribution in [2.24, 2.45) is 0 Å². The van der Waals surface area contributed by atoms with E-state index in [2.05, 4.69) is 9.97 Å². The van der Waals surface area contributed by atoms with Crippen molar-refractivity contribution in [2.75, 3.05) is 13.7 Å². The summed E-state index contributed by atoms with van der Waals surface area (Å²) in [7, 11) is 1.53. The van der Waals surface area contributed by atoms with E-state index in [4.69, 9.17) is 9.47 Å². The molecule has 1 saturated heterocycles. The van der Waals surface area contributed by atoms with E-state index in [0.717, 1.165) is 15.6 Å². The average molecular weight is 337 g/mol. The maximum atomic E-state index is 10.3. The van der Waals surface area contributed by atoms with Crippen molar-refractivity contribution in [3.63, 3.8) is 0 Å². The van der Waals surface area contributed by atoms with Crippen LogP contribution >= 0.6 is 11.3 Å². The van der Waals surface area contributed by atoms with E-state index < -0.39 is 24.5 Å². The number of aliphatic hydroxyl groups is 3. The van der Waals surface area contributed by atoms with Gasteiger partial charge in [0.2, 0.25) is 5.88 Å². The highest BCUT2D eigenvalue weighted by molar-refractivity contribution is 7.17. The SMILES string of the molecule is COc1ncnc2c1c1ccsc1n2[C@@H]1O[C@H](CO)[C@@H](O)[C@H]1O. The van der Waals surface area contributed by atoms with Crippen molar-refractivity contribution in [1.29, 1.82) is 0 Å². The Labute approximate surface area is 134 Å². The molecule has 1 fully saturated rings. The molecule has 1 aliphatic rings. The van der Waals surface area contributed by atoms with Gasteiger partial charge in [0.25, 0.3) is 0 Å². The molecule has 1 aliphatic heterocycles. The summed E-state index contributed by atoms with van der Waals surface area (Å²) in [6.07, 6.45) is -2.65. The Morgan fingerprint density at radius 3 is 2.87 bits per heavy atom. The molecule has 0 radical (unpaired) electrons. The van der Waals surface area contributed by atoms with E-state index in [1.807, 2.05) is 11.4 Å². The number of aliphatic hydroxyl groups excluding tert-OH is 3. The number of hydrogen-bond donors (Lipinski definition) is 3. The number of rotatable bonds is 3. The van der Waals surface area contributed by atoms with Gasteiger partial charge in [0.05, 0.1) is 19.1 Å². The molecule has 0 bridgehead atoms. The van der Waals surface area contributed by atoms with E-state index in [1.54, 1.807) is 4.57 Å². The smallest absolute Gasteiger partial charge is 0.226 e. The van der Waals surface area contributed by atoms with Gasteiger partial charge in [0, 0.05) is 5.39 Å². The third-order valence-corrected chi connectivity index (χ3v) is 5.03. The summed E-state index contributed by atoms with van der Waals surface area (Å²) in [5, 5.41) is 33.2. The summed E-state index contributed by atoms with van der Waals surface area (Å²) in [5.74, 6) is 0.434. The number of fused-ring (bicyclic) bond motifs is 3. The molecule has 9 heteroatoms. The van der Waals surface area contributed by atoms with Crippen LogP contribution in [0.5, 0.6) is 5.88 Å². The molecular formula is C14H15N3O5S. The summed E-state index contributed by atoms with van der Waals surface area (Å²) >= 11 is 1.46. The first kappa shape index (κ1) is 14.8. The van der Waals surface area contributed by atoms with Gasteiger partial charge in [-0.25, -0.2) is 9.97 Å². The van der Waals surface area contributed by atoms with E-state index in [1.165, 1.54) is 24.8 Å². The Kier molecular flexibility index (Phi) is 3.47. The Bertz CT molecular complexity index is 863. The molecule has 0 aromatic carbocycles. The highest BCUT2D eigenvalue weighted by Crippen LogP contribution is 2.41. The molecule has 3 N–H and O–H groups in total. The first-order valence-corrected chi connectivity index (χ1v) is 7.94. The summed E-state index contributed by atoms with van der Waals surface area (Å²) in [6, 6.07) is 1.92. The monoisotopic (exact) mass is 337 g/mol. The number of thiophene rings is 1. The number of methoxy groups -OCH3 is 1. The Balaban J connectivity index is 1.97. The summed E-state index contributed by atoms with van der Waals surface area (Å²) in [6.45, 7) is -0.375. The molecule has 8 nitrogen and oxygen atoms in total. The lowest BCUT2D eigenvalue weighted by Crippen LogP contribution is -2.33. The van der Waals surface area contributed by atoms with Crippen LogP contribution in [0, 0.1) is 0 Å². The van der Waals surface area contributed by atoms with Gasteiger partial charge in [-0.05, 0) is 11.4 Å². The van der Waals surface area contributed by atoms with Gasteiger partial charge in [0.15, 0.2) is 11.9 Å². The summed E-state index contributed by atoms with van der Waals surface area (Å²) in [4.78, 5) is 9.25. The Hall–Kier alpha value is -1.78. The zero-order chi connectivity index (χ0) is 16.1. The molecule has 4 atom stereocenters. The molecule has 23 heavy (non-hydrogen) atoms. The lowest BCUT2D eigenvalue weighted by Gasteiger charge is -2.18. The van der Waals surface area contributed by atoms with Crippen LogP contribution in [0.25, 0.3) is 21.3 Å². The summed E-state index contributed by atoms with van der Waals surface area (Å²) in [5.41, 5.74) is 0.550. The minimum Gasteiger partial charge on any atom is -0.480 e. The fraction of sp³-hybridized carbons (Fsp3) is 0.429. The van der Waals surface area contributed by atoms with Gasteiger partial charge in [-0.15, -0.1) is 11.3 Å². The van der Waals surface area contributed by atoms with Crippen molar-refractivity contribution in [2.45, 2.75) is 24.5 Å². The highest BCUT2D eigenvalue weighted by atomic mass is 32.1. The van der Waals surface area contributed by atoms with Crippen molar-refractivity contribution in [3.8, 4) is 5.88 Å².